The molecule has 5 heteroatoms. The highest BCUT2D eigenvalue weighted by Crippen LogP contribution is 2.26. The highest BCUT2D eigenvalue weighted by atomic mass is 32.1. The van der Waals surface area contributed by atoms with Gasteiger partial charge in [0.25, 0.3) is 0 Å². The van der Waals surface area contributed by atoms with Crippen molar-refractivity contribution in [1.82, 2.24) is 4.90 Å². The molecule has 1 amide bonds. The van der Waals surface area contributed by atoms with Crippen molar-refractivity contribution in [1.29, 1.82) is 0 Å². The smallest absolute Gasteiger partial charge is 0.227 e. The Morgan fingerprint density at radius 1 is 1.10 bits per heavy atom. The summed E-state index contributed by atoms with van der Waals surface area (Å²) < 4.78 is 10.9. The SMILES string of the molecule is COc1ccc2c(CC(=O)N(CCc3ccccc3)Cc3ccc(C)s3)coc2c1. The van der Waals surface area contributed by atoms with Gasteiger partial charge in [-0.05, 0) is 43.2 Å². The van der Waals surface area contributed by atoms with Gasteiger partial charge in [0.1, 0.15) is 11.3 Å². The number of amides is 1. The summed E-state index contributed by atoms with van der Waals surface area (Å²) in [5, 5.41) is 0.958. The molecule has 0 N–H and O–H groups in total. The van der Waals surface area contributed by atoms with Gasteiger partial charge >= 0.3 is 0 Å². The summed E-state index contributed by atoms with van der Waals surface area (Å²) in [6.07, 6.45) is 2.84. The predicted molar refractivity (Wildman–Crippen MR) is 121 cm³/mol. The van der Waals surface area contributed by atoms with E-state index in [0.717, 1.165) is 28.7 Å². The number of carbonyl (C=O) groups excluding carboxylic acids is 1. The topological polar surface area (TPSA) is 42.7 Å². The Balaban J connectivity index is 1.52. The number of benzene rings is 2. The number of carbonyl (C=O) groups is 1. The number of rotatable bonds is 8. The van der Waals surface area contributed by atoms with Gasteiger partial charge < -0.3 is 14.1 Å². The molecule has 0 bridgehead atoms. The van der Waals surface area contributed by atoms with Crippen LogP contribution in [0.15, 0.2) is 71.3 Å². The molecule has 0 radical (unpaired) electrons. The van der Waals surface area contributed by atoms with Crippen LogP contribution in [-0.4, -0.2) is 24.5 Å². The number of hydrogen-bond donors (Lipinski definition) is 0. The van der Waals surface area contributed by atoms with Crippen LogP contribution in [0.25, 0.3) is 11.0 Å². The molecule has 0 atom stereocenters. The molecule has 4 aromatic rings. The van der Waals surface area contributed by atoms with Crippen LogP contribution in [0.3, 0.4) is 0 Å². The van der Waals surface area contributed by atoms with Crippen molar-refractivity contribution in [2.75, 3.05) is 13.7 Å². The monoisotopic (exact) mass is 419 g/mol. The zero-order chi connectivity index (χ0) is 20.9. The lowest BCUT2D eigenvalue weighted by atomic mass is 10.1. The van der Waals surface area contributed by atoms with E-state index in [4.69, 9.17) is 9.15 Å². The van der Waals surface area contributed by atoms with E-state index in [-0.39, 0.29) is 5.91 Å². The molecule has 0 unspecified atom stereocenters. The minimum Gasteiger partial charge on any atom is -0.497 e. The lowest BCUT2D eigenvalue weighted by molar-refractivity contribution is -0.131. The molecule has 2 heterocycles. The van der Waals surface area contributed by atoms with Crippen molar-refractivity contribution in [2.24, 2.45) is 0 Å². The van der Waals surface area contributed by atoms with Gasteiger partial charge in [-0.3, -0.25) is 4.79 Å². The number of methoxy groups -OCH3 is 1. The summed E-state index contributed by atoms with van der Waals surface area (Å²) in [4.78, 5) is 17.7. The molecule has 0 spiro atoms. The van der Waals surface area contributed by atoms with Crippen LogP contribution >= 0.6 is 11.3 Å². The van der Waals surface area contributed by atoms with E-state index in [0.29, 0.717) is 19.5 Å². The van der Waals surface area contributed by atoms with E-state index in [1.165, 1.54) is 15.3 Å². The van der Waals surface area contributed by atoms with Crippen molar-refractivity contribution in [3.8, 4) is 5.75 Å². The highest BCUT2D eigenvalue weighted by Gasteiger charge is 2.18. The average Bonchev–Trinajstić information content (AvgIpc) is 3.37. The van der Waals surface area contributed by atoms with E-state index in [9.17, 15) is 4.79 Å². The Morgan fingerprint density at radius 3 is 2.67 bits per heavy atom. The molecule has 4 rings (SSSR count). The first-order valence-electron chi connectivity index (χ1n) is 10.0. The maximum absolute atomic E-state index is 13.3. The summed E-state index contributed by atoms with van der Waals surface area (Å²) in [6.45, 7) is 3.41. The Morgan fingerprint density at radius 2 is 1.93 bits per heavy atom. The Bertz CT molecular complexity index is 1130. The fourth-order valence-electron chi connectivity index (χ4n) is 3.56. The van der Waals surface area contributed by atoms with Crippen LogP contribution in [0.2, 0.25) is 0 Å². The first kappa shape index (κ1) is 20.2. The second-order valence-corrected chi connectivity index (χ2v) is 8.74. The lowest BCUT2D eigenvalue weighted by Gasteiger charge is -2.22. The van der Waals surface area contributed by atoms with Gasteiger partial charge in [0.05, 0.1) is 26.3 Å². The summed E-state index contributed by atoms with van der Waals surface area (Å²) in [6, 6.07) is 20.2. The normalized spacial score (nSPS) is 11.0. The first-order chi connectivity index (χ1) is 14.6. The lowest BCUT2D eigenvalue weighted by Crippen LogP contribution is -2.33. The summed E-state index contributed by atoms with van der Waals surface area (Å²) in [7, 11) is 1.63. The Kier molecular flexibility index (Phi) is 6.19. The van der Waals surface area contributed by atoms with Crippen LogP contribution in [0.4, 0.5) is 0 Å². The number of nitrogens with zero attached hydrogens (tertiary/aromatic N) is 1. The van der Waals surface area contributed by atoms with Gasteiger partial charge in [0, 0.05) is 33.3 Å². The van der Waals surface area contributed by atoms with Crippen molar-refractivity contribution in [3.05, 3.63) is 87.8 Å². The van der Waals surface area contributed by atoms with Gasteiger partial charge in [-0.25, -0.2) is 0 Å². The van der Waals surface area contributed by atoms with Gasteiger partial charge in [0.15, 0.2) is 0 Å². The molecule has 2 aromatic carbocycles. The fraction of sp³-hybridized carbons (Fsp3) is 0.240. The first-order valence-corrected chi connectivity index (χ1v) is 10.8. The van der Waals surface area contributed by atoms with E-state index in [1.807, 2.05) is 41.3 Å². The summed E-state index contributed by atoms with van der Waals surface area (Å²) >= 11 is 1.74. The summed E-state index contributed by atoms with van der Waals surface area (Å²) in [5.41, 5.74) is 2.88. The van der Waals surface area contributed by atoms with Crippen LogP contribution < -0.4 is 4.74 Å². The molecule has 4 nitrogen and oxygen atoms in total. The molecular weight excluding hydrogens is 394 g/mol. The molecule has 0 aliphatic heterocycles. The fourth-order valence-corrected chi connectivity index (χ4v) is 4.47. The van der Waals surface area contributed by atoms with E-state index >= 15 is 0 Å². The third kappa shape index (κ3) is 4.74. The maximum Gasteiger partial charge on any atom is 0.227 e. The van der Waals surface area contributed by atoms with E-state index in [1.54, 1.807) is 24.7 Å². The van der Waals surface area contributed by atoms with Crippen molar-refractivity contribution in [2.45, 2.75) is 26.3 Å². The number of ether oxygens (including phenoxy) is 1. The second-order valence-electron chi connectivity index (χ2n) is 7.36. The number of aryl methyl sites for hydroxylation is 1. The predicted octanol–water partition coefficient (Wildman–Crippen LogP) is 5.63. The molecular formula is C25H25NO3S. The van der Waals surface area contributed by atoms with Crippen molar-refractivity contribution in [3.63, 3.8) is 0 Å². The van der Waals surface area contributed by atoms with Crippen molar-refractivity contribution >= 4 is 28.2 Å². The van der Waals surface area contributed by atoms with Gasteiger partial charge in [0.2, 0.25) is 5.91 Å². The van der Waals surface area contributed by atoms with E-state index in [2.05, 4.69) is 31.2 Å². The second kappa shape index (κ2) is 9.18. The highest BCUT2D eigenvalue weighted by molar-refractivity contribution is 7.11. The molecule has 0 aliphatic rings. The Hall–Kier alpha value is -3.05. The number of fused-ring (bicyclic) bond motifs is 1. The minimum absolute atomic E-state index is 0.107. The zero-order valence-electron chi connectivity index (χ0n) is 17.3. The molecule has 0 aliphatic carbocycles. The minimum atomic E-state index is 0.107. The standard InChI is InChI=1S/C25H25NO3S/c1-18-8-10-22(30-18)16-26(13-12-19-6-4-3-5-7-19)25(27)14-20-17-29-24-15-21(28-2)9-11-23(20)24/h3-11,15,17H,12-14,16H2,1-2H3. The van der Waals surface area contributed by atoms with E-state index < -0.39 is 0 Å². The van der Waals surface area contributed by atoms with Crippen LogP contribution in [0.5, 0.6) is 5.75 Å². The molecule has 0 saturated heterocycles. The van der Waals surface area contributed by atoms with Gasteiger partial charge in [-0.2, -0.15) is 0 Å². The molecule has 30 heavy (non-hydrogen) atoms. The van der Waals surface area contributed by atoms with Crippen LogP contribution in [-0.2, 0) is 24.2 Å². The van der Waals surface area contributed by atoms with Crippen LogP contribution in [0.1, 0.15) is 20.9 Å². The largest absolute Gasteiger partial charge is 0.497 e. The quantitative estimate of drug-likeness (QED) is 0.372. The van der Waals surface area contributed by atoms with Gasteiger partial charge in [-0.15, -0.1) is 11.3 Å². The zero-order valence-corrected chi connectivity index (χ0v) is 18.1. The van der Waals surface area contributed by atoms with Crippen molar-refractivity contribution < 1.29 is 13.9 Å². The number of thiophene rings is 1. The number of furan rings is 1. The maximum atomic E-state index is 13.3. The van der Waals surface area contributed by atoms with Gasteiger partial charge in [-0.1, -0.05) is 30.3 Å². The molecule has 0 fully saturated rings. The molecule has 0 saturated carbocycles. The Labute approximate surface area is 180 Å². The number of hydrogen-bond acceptors (Lipinski definition) is 4. The molecule has 2 aromatic heterocycles. The third-order valence-corrected chi connectivity index (χ3v) is 6.20. The third-order valence-electron chi connectivity index (χ3n) is 5.21. The average molecular weight is 420 g/mol. The van der Waals surface area contributed by atoms with Crippen LogP contribution in [0, 0.1) is 6.92 Å². The summed E-state index contributed by atoms with van der Waals surface area (Å²) in [5.74, 6) is 0.850. The molecule has 154 valence electrons.